The molecule has 98 valence electrons. The van der Waals surface area contributed by atoms with Crippen LogP contribution in [0.25, 0.3) is 0 Å². The maximum Gasteiger partial charge on any atom is 0.228 e. The van der Waals surface area contributed by atoms with E-state index in [9.17, 15) is 4.79 Å². The average molecular weight is 247 g/mol. The second-order valence-corrected chi connectivity index (χ2v) is 5.01. The van der Waals surface area contributed by atoms with Crippen LogP contribution in [0, 0.1) is 5.92 Å². The maximum absolute atomic E-state index is 12.1. The van der Waals surface area contributed by atoms with Gasteiger partial charge in [-0.3, -0.25) is 4.79 Å². The highest BCUT2D eigenvalue weighted by atomic mass is 16.1. The molecule has 0 spiro atoms. The number of amides is 1. The predicted molar refractivity (Wildman–Crippen MR) is 73.1 cm³/mol. The standard InChI is InChI=1S/C14H21N3O/c15-12-8-9-13(16-10-12)17-14(18)11-6-4-2-1-3-5-7-11/h8-11H,1-7,15H2,(H,16,17,18). The molecule has 0 unspecified atom stereocenters. The van der Waals surface area contributed by atoms with Gasteiger partial charge in [0, 0.05) is 5.92 Å². The lowest BCUT2D eigenvalue weighted by atomic mass is 9.90. The normalized spacial score (nSPS) is 17.8. The molecule has 4 heteroatoms. The molecule has 1 aromatic rings. The molecule has 3 N–H and O–H groups in total. The minimum atomic E-state index is 0.106. The van der Waals surface area contributed by atoms with Crippen LogP contribution in [0.4, 0.5) is 11.5 Å². The Balaban J connectivity index is 1.91. The van der Waals surface area contributed by atoms with Crippen molar-refractivity contribution in [2.75, 3.05) is 11.1 Å². The summed E-state index contributed by atoms with van der Waals surface area (Å²) >= 11 is 0. The molecule has 18 heavy (non-hydrogen) atoms. The van der Waals surface area contributed by atoms with Crippen LogP contribution in [0.1, 0.15) is 44.9 Å². The molecule has 1 aliphatic rings. The molecule has 1 saturated carbocycles. The Labute approximate surface area is 108 Å². The molecule has 0 aliphatic heterocycles. The van der Waals surface area contributed by atoms with Crippen LogP contribution in [-0.4, -0.2) is 10.9 Å². The summed E-state index contributed by atoms with van der Waals surface area (Å²) in [5.41, 5.74) is 6.17. The first-order valence-corrected chi connectivity index (χ1v) is 6.78. The number of pyridine rings is 1. The van der Waals surface area contributed by atoms with E-state index < -0.39 is 0 Å². The quantitative estimate of drug-likeness (QED) is 0.844. The predicted octanol–water partition coefficient (Wildman–Crippen LogP) is 2.96. The third kappa shape index (κ3) is 3.72. The van der Waals surface area contributed by atoms with Crippen molar-refractivity contribution in [3.8, 4) is 0 Å². The molecule has 1 aliphatic carbocycles. The van der Waals surface area contributed by atoms with Crippen LogP contribution in [0.5, 0.6) is 0 Å². The number of nitrogens with two attached hydrogens (primary N) is 1. The molecule has 0 aromatic carbocycles. The Kier molecular flexibility index (Phi) is 4.56. The minimum absolute atomic E-state index is 0.106. The molecule has 1 amide bonds. The molecular weight excluding hydrogens is 226 g/mol. The SMILES string of the molecule is Nc1ccc(NC(=O)C2CCCCCCC2)nc1. The van der Waals surface area contributed by atoms with Crippen LogP contribution in [0.2, 0.25) is 0 Å². The van der Waals surface area contributed by atoms with Crippen molar-refractivity contribution >= 4 is 17.4 Å². The van der Waals surface area contributed by atoms with E-state index in [4.69, 9.17) is 5.73 Å². The van der Waals surface area contributed by atoms with Crippen LogP contribution >= 0.6 is 0 Å². The Morgan fingerprint density at radius 1 is 1.17 bits per heavy atom. The number of nitrogens with zero attached hydrogens (tertiary/aromatic N) is 1. The molecule has 4 nitrogen and oxygen atoms in total. The van der Waals surface area contributed by atoms with E-state index in [1.807, 2.05) is 0 Å². The fourth-order valence-corrected chi connectivity index (χ4v) is 2.43. The topological polar surface area (TPSA) is 68.0 Å². The molecule has 1 fully saturated rings. The first kappa shape index (κ1) is 12.9. The van der Waals surface area contributed by atoms with Gasteiger partial charge in [0.05, 0.1) is 11.9 Å². The van der Waals surface area contributed by atoms with Gasteiger partial charge in [-0.1, -0.05) is 32.1 Å². The van der Waals surface area contributed by atoms with Gasteiger partial charge in [-0.15, -0.1) is 0 Å². The summed E-state index contributed by atoms with van der Waals surface area (Å²) < 4.78 is 0. The smallest absolute Gasteiger partial charge is 0.228 e. The molecular formula is C14H21N3O. The van der Waals surface area contributed by atoms with Crippen molar-refractivity contribution < 1.29 is 4.79 Å². The number of rotatable bonds is 2. The van der Waals surface area contributed by atoms with E-state index in [-0.39, 0.29) is 11.8 Å². The van der Waals surface area contributed by atoms with Crippen LogP contribution in [0.3, 0.4) is 0 Å². The van der Waals surface area contributed by atoms with E-state index in [2.05, 4.69) is 10.3 Å². The average Bonchev–Trinajstić information content (AvgIpc) is 2.31. The zero-order valence-corrected chi connectivity index (χ0v) is 10.7. The largest absolute Gasteiger partial charge is 0.397 e. The number of carbonyl (C=O) groups excluding carboxylic acids is 1. The first-order valence-electron chi connectivity index (χ1n) is 6.78. The summed E-state index contributed by atoms with van der Waals surface area (Å²) in [6.07, 6.45) is 9.71. The van der Waals surface area contributed by atoms with Crippen molar-refractivity contribution in [2.24, 2.45) is 5.92 Å². The molecule has 1 heterocycles. The number of anilines is 2. The van der Waals surface area contributed by atoms with Gasteiger partial charge < -0.3 is 11.1 Å². The third-order valence-corrected chi connectivity index (χ3v) is 3.51. The highest BCUT2D eigenvalue weighted by molar-refractivity contribution is 5.91. The molecule has 2 rings (SSSR count). The van der Waals surface area contributed by atoms with Gasteiger partial charge in [-0.05, 0) is 25.0 Å². The zero-order valence-electron chi connectivity index (χ0n) is 10.7. The number of nitrogen functional groups attached to an aromatic ring is 1. The monoisotopic (exact) mass is 247 g/mol. The van der Waals surface area contributed by atoms with Crippen molar-refractivity contribution in [1.82, 2.24) is 4.98 Å². The Hall–Kier alpha value is -1.58. The van der Waals surface area contributed by atoms with E-state index in [1.165, 1.54) is 19.3 Å². The van der Waals surface area contributed by atoms with Gasteiger partial charge >= 0.3 is 0 Å². The summed E-state index contributed by atoms with van der Waals surface area (Å²) in [6.45, 7) is 0. The van der Waals surface area contributed by atoms with Crippen molar-refractivity contribution in [3.05, 3.63) is 18.3 Å². The van der Waals surface area contributed by atoms with E-state index in [1.54, 1.807) is 18.3 Å². The Bertz CT molecular complexity index is 381. The first-order chi connectivity index (χ1) is 8.75. The molecule has 0 radical (unpaired) electrons. The van der Waals surface area contributed by atoms with E-state index >= 15 is 0 Å². The number of carbonyl (C=O) groups is 1. The highest BCUT2D eigenvalue weighted by Crippen LogP contribution is 2.23. The van der Waals surface area contributed by atoms with Gasteiger partial charge in [0.2, 0.25) is 5.91 Å². The lowest BCUT2D eigenvalue weighted by molar-refractivity contribution is -0.120. The van der Waals surface area contributed by atoms with Gasteiger partial charge in [0.25, 0.3) is 0 Å². The summed E-state index contributed by atoms with van der Waals surface area (Å²) in [5, 5.41) is 2.88. The van der Waals surface area contributed by atoms with E-state index in [0.29, 0.717) is 11.5 Å². The lowest BCUT2D eigenvalue weighted by Crippen LogP contribution is -2.24. The second-order valence-electron chi connectivity index (χ2n) is 5.01. The fraction of sp³-hybridized carbons (Fsp3) is 0.571. The van der Waals surface area contributed by atoms with Crippen molar-refractivity contribution in [3.63, 3.8) is 0 Å². The number of aromatic nitrogens is 1. The number of hydrogen-bond acceptors (Lipinski definition) is 3. The van der Waals surface area contributed by atoms with Gasteiger partial charge in [-0.25, -0.2) is 4.98 Å². The zero-order chi connectivity index (χ0) is 12.8. The molecule has 0 saturated heterocycles. The summed E-state index contributed by atoms with van der Waals surface area (Å²) in [5.74, 6) is 0.843. The van der Waals surface area contributed by atoms with Crippen molar-refractivity contribution in [2.45, 2.75) is 44.9 Å². The summed E-state index contributed by atoms with van der Waals surface area (Å²) in [7, 11) is 0. The van der Waals surface area contributed by atoms with Gasteiger partial charge in [0.15, 0.2) is 0 Å². The second kappa shape index (κ2) is 6.38. The van der Waals surface area contributed by atoms with Crippen LogP contribution in [-0.2, 0) is 4.79 Å². The lowest BCUT2D eigenvalue weighted by Gasteiger charge is -2.18. The minimum Gasteiger partial charge on any atom is -0.397 e. The molecule has 0 bridgehead atoms. The maximum atomic E-state index is 12.1. The highest BCUT2D eigenvalue weighted by Gasteiger charge is 2.19. The Morgan fingerprint density at radius 2 is 1.83 bits per heavy atom. The Morgan fingerprint density at radius 3 is 2.44 bits per heavy atom. The summed E-state index contributed by atoms with van der Waals surface area (Å²) in [6, 6.07) is 3.50. The van der Waals surface area contributed by atoms with Crippen LogP contribution in [0.15, 0.2) is 18.3 Å². The van der Waals surface area contributed by atoms with Gasteiger partial charge in [-0.2, -0.15) is 0 Å². The fourth-order valence-electron chi connectivity index (χ4n) is 2.43. The molecule has 1 aromatic heterocycles. The molecule has 0 atom stereocenters. The summed E-state index contributed by atoms with van der Waals surface area (Å²) in [4.78, 5) is 16.2. The van der Waals surface area contributed by atoms with Crippen LogP contribution < -0.4 is 11.1 Å². The van der Waals surface area contributed by atoms with Gasteiger partial charge in [0.1, 0.15) is 5.82 Å². The number of hydrogen-bond donors (Lipinski definition) is 2. The number of nitrogens with one attached hydrogen (secondary N) is 1. The van der Waals surface area contributed by atoms with Crippen molar-refractivity contribution in [1.29, 1.82) is 0 Å². The third-order valence-electron chi connectivity index (χ3n) is 3.51. The van der Waals surface area contributed by atoms with E-state index in [0.717, 1.165) is 25.7 Å².